The molecule has 0 saturated heterocycles. The number of halogens is 1. The predicted octanol–water partition coefficient (Wildman–Crippen LogP) is 2.53. The molecule has 0 fully saturated rings. The summed E-state index contributed by atoms with van der Waals surface area (Å²) >= 11 is 6.19. The normalized spacial score (nSPS) is 12.9. The van der Waals surface area contributed by atoms with Gasteiger partial charge in [0.2, 0.25) is 5.89 Å². The second-order valence-corrected chi connectivity index (χ2v) is 4.76. The van der Waals surface area contributed by atoms with Gasteiger partial charge in [-0.15, -0.1) is 0 Å². The Morgan fingerprint density at radius 3 is 2.72 bits per heavy atom. The number of hydrogen-bond acceptors (Lipinski definition) is 4. The Kier molecular flexibility index (Phi) is 3.73. The fourth-order valence-electron chi connectivity index (χ4n) is 1.78. The Morgan fingerprint density at radius 1 is 1.50 bits per heavy atom. The number of nitrogens with zero attached hydrogens (tertiary/aromatic N) is 3. The zero-order valence-electron chi connectivity index (χ0n) is 11.0. The van der Waals surface area contributed by atoms with E-state index in [1.807, 2.05) is 27.8 Å². The van der Waals surface area contributed by atoms with Crippen molar-refractivity contribution >= 4 is 11.6 Å². The molecule has 0 radical (unpaired) electrons. The van der Waals surface area contributed by atoms with E-state index in [4.69, 9.17) is 16.0 Å². The lowest BCUT2D eigenvalue weighted by Crippen LogP contribution is -2.20. The highest BCUT2D eigenvalue weighted by Gasteiger charge is 2.14. The molecule has 18 heavy (non-hydrogen) atoms. The van der Waals surface area contributed by atoms with E-state index in [1.165, 1.54) is 0 Å². The van der Waals surface area contributed by atoms with Gasteiger partial charge < -0.3 is 9.73 Å². The molecule has 0 bridgehead atoms. The van der Waals surface area contributed by atoms with Gasteiger partial charge in [-0.1, -0.05) is 11.6 Å². The molecular formula is C12H17ClN4O. The van der Waals surface area contributed by atoms with Crippen LogP contribution in [0.25, 0.3) is 0 Å². The minimum absolute atomic E-state index is 0.0324. The number of aryl methyl sites for hydroxylation is 3. The van der Waals surface area contributed by atoms with Gasteiger partial charge in [-0.25, -0.2) is 4.98 Å². The lowest BCUT2D eigenvalue weighted by molar-refractivity contribution is 0.399. The molecule has 0 aliphatic rings. The summed E-state index contributed by atoms with van der Waals surface area (Å²) in [6.45, 7) is 6.40. The fraction of sp³-hybridized carbons (Fsp3) is 0.500. The molecule has 0 aromatic carbocycles. The summed E-state index contributed by atoms with van der Waals surface area (Å²) in [5.41, 5.74) is 1.81. The SMILES string of the molecule is Cc1cnc(C(C)NCc2c(Cl)c(C)nn2C)o1. The van der Waals surface area contributed by atoms with Crippen LogP contribution >= 0.6 is 11.6 Å². The van der Waals surface area contributed by atoms with E-state index in [0.717, 1.165) is 17.1 Å². The summed E-state index contributed by atoms with van der Waals surface area (Å²) in [5.74, 6) is 1.50. The van der Waals surface area contributed by atoms with Crippen molar-refractivity contribution in [1.29, 1.82) is 0 Å². The molecule has 2 aromatic rings. The first kappa shape index (κ1) is 13.1. The predicted molar refractivity (Wildman–Crippen MR) is 69.4 cm³/mol. The van der Waals surface area contributed by atoms with E-state index in [9.17, 15) is 0 Å². The van der Waals surface area contributed by atoms with Crippen molar-refractivity contribution in [3.05, 3.63) is 34.3 Å². The van der Waals surface area contributed by atoms with Crippen LogP contribution in [0.2, 0.25) is 5.02 Å². The third-order valence-electron chi connectivity index (χ3n) is 2.85. The standard InChI is InChI=1S/C12H17ClN4O/c1-7-5-15-12(18-7)9(3)14-6-10-11(13)8(2)16-17(10)4/h5,9,14H,6H2,1-4H3. The van der Waals surface area contributed by atoms with E-state index in [2.05, 4.69) is 15.4 Å². The maximum absolute atomic E-state index is 6.19. The van der Waals surface area contributed by atoms with Gasteiger partial charge >= 0.3 is 0 Å². The highest BCUT2D eigenvalue weighted by Crippen LogP contribution is 2.20. The lowest BCUT2D eigenvalue weighted by Gasteiger charge is -2.10. The summed E-state index contributed by atoms with van der Waals surface area (Å²) in [4.78, 5) is 4.19. The van der Waals surface area contributed by atoms with Gasteiger partial charge in [-0.3, -0.25) is 4.68 Å². The Labute approximate surface area is 111 Å². The second kappa shape index (κ2) is 5.12. The molecule has 0 saturated carbocycles. The first-order valence-electron chi connectivity index (χ1n) is 5.82. The summed E-state index contributed by atoms with van der Waals surface area (Å²) in [6.07, 6.45) is 1.72. The minimum atomic E-state index is 0.0324. The fourth-order valence-corrected chi connectivity index (χ4v) is 2.01. The summed E-state index contributed by atoms with van der Waals surface area (Å²) in [6, 6.07) is 0.0324. The number of oxazole rings is 1. The second-order valence-electron chi connectivity index (χ2n) is 4.38. The topological polar surface area (TPSA) is 55.9 Å². The third-order valence-corrected chi connectivity index (χ3v) is 3.34. The van der Waals surface area contributed by atoms with Gasteiger partial charge in [-0.05, 0) is 20.8 Å². The van der Waals surface area contributed by atoms with E-state index >= 15 is 0 Å². The zero-order valence-corrected chi connectivity index (χ0v) is 11.7. The summed E-state index contributed by atoms with van der Waals surface area (Å²) in [5, 5.41) is 8.30. The van der Waals surface area contributed by atoms with Crippen LogP contribution in [-0.2, 0) is 13.6 Å². The molecule has 0 aliphatic heterocycles. The molecule has 2 rings (SSSR count). The molecule has 1 atom stereocenters. The van der Waals surface area contributed by atoms with E-state index in [0.29, 0.717) is 17.5 Å². The smallest absolute Gasteiger partial charge is 0.211 e. The van der Waals surface area contributed by atoms with Crippen molar-refractivity contribution in [2.24, 2.45) is 7.05 Å². The maximum Gasteiger partial charge on any atom is 0.211 e. The van der Waals surface area contributed by atoms with Crippen LogP contribution in [0.15, 0.2) is 10.6 Å². The van der Waals surface area contributed by atoms with Gasteiger partial charge in [0.15, 0.2) is 0 Å². The largest absolute Gasteiger partial charge is 0.444 e. The summed E-state index contributed by atoms with van der Waals surface area (Å²) in [7, 11) is 1.88. The molecule has 98 valence electrons. The van der Waals surface area contributed by atoms with Crippen LogP contribution in [0.3, 0.4) is 0 Å². The zero-order chi connectivity index (χ0) is 13.3. The average Bonchev–Trinajstić information content (AvgIpc) is 2.83. The van der Waals surface area contributed by atoms with Gasteiger partial charge in [0, 0.05) is 13.6 Å². The van der Waals surface area contributed by atoms with Crippen LogP contribution in [-0.4, -0.2) is 14.8 Å². The monoisotopic (exact) mass is 268 g/mol. The molecule has 2 heterocycles. The van der Waals surface area contributed by atoms with Crippen molar-refractivity contribution in [3.8, 4) is 0 Å². The van der Waals surface area contributed by atoms with Gasteiger partial charge in [-0.2, -0.15) is 5.10 Å². The van der Waals surface area contributed by atoms with Gasteiger partial charge in [0.1, 0.15) is 5.76 Å². The first-order valence-corrected chi connectivity index (χ1v) is 6.20. The van der Waals surface area contributed by atoms with Crippen LogP contribution in [0, 0.1) is 13.8 Å². The third kappa shape index (κ3) is 2.57. The van der Waals surface area contributed by atoms with Gasteiger partial charge in [0.25, 0.3) is 0 Å². The van der Waals surface area contributed by atoms with Crippen molar-refractivity contribution in [1.82, 2.24) is 20.1 Å². The van der Waals surface area contributed by atoms with E-state index in [1.54, 1.807) is 10.9 Å². The Balaban J connectivity index is 2.03. The maximum atomic E-state index is 6.19. The molecule has 0 amide bonds. The summed E-state index contributed by atoms with van der Waals surface area (Å²) < 4.78 is 7.26. The molecule has 0 spiro atoms. The lowest BCUT2D eigenvalue weighted by atomic mass is 10.3. The molecule has 2 aromatic heterocycles. The Bertz CT molecular complexity index is 546. The highest BCUT2D eigenvalue weighted by atomic mass is 35.5. The van der Waals surface area contributed by atoms with Crippen LogP contribution < -0.4 is 5.32 Å². The quantitative estimate of drug-likeness (QED) is 0.926. The molecule has 5 nitrogen and oxygen atoms in total. The van der Waals surface area contributed by atoms with Crippen LogP contribution in [0.1, 0.15) is 36.0 Å². The highest BCUT2D eigenvalue weighted by molar-refractivity contribution is 6.31. The average molecular weight is 269 g/mol. The van der Waals surface area contributed by atoms with Crippen LogP contribution in [0.4, 0.5) is 0 Å². The molecular weight excluding hydrogens is 252 g/mol. The van der Waals surface area contributed by atoms with E-state index in [-0.39, 0.29) is 6.04 Å². The van der Waals surface area contributed by atoms with Crippen LogP contribution in [0.5, 0.6) is 0 Å². The Morgan fingerprint density at radius 2 is 2.22 bits per heavy atom. The first-order chi connectivity index (χ1) is 8.49. The van der Waals surface area contributed by atoms with Crippen molar-refractivity contribution in [2.75, 3.05) is 0 Å². The van der Waals surface area contributed by atoms with Crippen molar-refractivity contribution < 1.29 is 4.42 Å². The number of hydrogen-bond donors (Lipinski definition) is 1. The van der Waals surface area contributed by atoms with Crippen molar-refractivity contribution in [2.45, 2.75) is 33.4 Å². The molecule has 1 N–H and O–H groups in total. The number of nitrogens with one attached hydrogen (secondary N) is 1. The number of aromatic nitrogens is 3. The Hall–Kier alpha value is -1.33. The van der Waals surface area contributed by atoms with E-state index < -0.39 is 0 Å². The molecule has 6 heteroatoms. The number of rotatable bonds is 4. The van der Waals surface area contributed by atoms with Gasteiger partial charge in [0.05, 0.1) is 28.6 Å². The molecule has 1 unspecified atom stereocenters. The molecule has 0 aliphatic carbocycles. The van der Waals surface area contributed by atoms with Crippen molar-refractivity contribution in [3.63, 3.8) is 0 Å². The minimum Gasteiger partial charge on any atom is -0.444 e.